The van der Waals surface area contributed by atoms with Gasteiger partial charge < -0.3 is 11.1 Å². The monoisotopic (exact) mass is 290 g/mol. The Hall–Kier alpha value is -0.280. The predicted molar refractivity (Wildman–Crippen MR) is 83.4 cm³/mol. The molecule has 3 N–H and O–H groups in total. The topological polar surface area (TPSA) is 55.1 Å². The van der Waals surface area contributed by atoms with Crippen molar-refractivity contribution < 1.29 is 4.79 Å². The van der Waals surface area contributed by atoms with E-state index in [1.807, 2.05) is 0 Å². The van der Waals surface area contributed by atoms with Gasteiger partial charge in [-0.05, 0) is 31.2 Å². The molecule has 0 bridgehead atoms. The van der Waals surface area contributed by atoms with E-state index in [1.165, 1.54) is 25.7 Å². The maximum Gasteiger partial charge on any atom is 0.223 e. The van der Waals surface area contributed by atoms with Crippen molar-refractivity contribution in [2.75, 3.05) is 13.1 Å². The quantitative estimate of drug-likeness (QED) is 0.722. The van der Waals surface area contributed by atoms with E-state index in [0.717, 1.165) is 31.7 Å². The molecule has 0 heterocycles. The lowest BCUT2D eigenvalue weighted by atomic mass is 9.89. The Balaban J connectivity index is 0.00000324. The van der Waals surface area contributed by atoms with Crippen LogP contribution in [0.15, 0.2) is 0 Å². The fourth-order valence-corrected chi connectivity index (χ4v) is 2.86. The van der Waals surface area contributed by atoms with Gasteiger partial charge in [-0.2, -0.15) is 0 Å². The van der Waals surface area contributed by atoms with Crippen LogP contribution in [0.2, 0.25) is 0 Å². The molecule has 0 saturated heterocycles. The number of rotatable bonds is 8. The van der Waals surface area contributed by atoms with Crippen LogP contribution in [0, 0.1) is 17.8 Å². The highest BCUT2D eigenvalue weighted by Gasteiger charge is 2.24. The summed E-state index contributed by atoms with van der Waals surface area (Å²) in [5.74, 6) is 1.65. The van der Waals surface area contributed by atoms with Crippen molar-refractivity contribution in [1.82, 2.24) is 5.32 Å². The third-order valence-corrected chi connectivity index (χ3v) is 4.13. The first-order chi connectivity index (χ1) is 8.67. The minimum absolute atomic E-state index is 0. The van der Waals surface area contributed by atoms with Gasteiger partial charge in [0.2, 0.25) is 5.91 Å². The first-order valence-electron chi connectivity index (χ1n) is 7.65. The number of halogens is 1. The summed E-state index contributed by atoms with van der Waals surface area (Å²) in [6, 6.07) is 0. The molecule has 2 atom stereocenters. The van der Waals surface area contributed by atoms with Crippen molar-refractivity contribution in [1.29, 1.82) is 0 Å². The van der Waals surface area contributed by atoms with Crippen LogP contribution in [0.25, 0.3) is 0 Å². The number of amides is 1. The largest absolute Gasteiger partial charge is 0.356 e. The normalized spacial score (nSPS) is 18.7. The second-order valence-corrected chi connectivity index (χ2v) is 5.96. The van der Waals surface area contributed by atoms with E-state index < -0.39 is 0 Å². The number of nitrogens with two attached hydrogens (primary N) is 1. The molecule has 1 aliphatic rings. The maximum absolute atomic E-state index is 12.2. The summed E-state index contributed by atoms with van der Waals surface area (Å²) in [7, 11) is 0. The summed E-state index contributed by atoms with van der Waals surface area (Å²) in [5.41, 5.74) is 5.57. The third kappa shape index (κ3) is 7.17. The summed E-state index contributed by atoms with van der Waals surface area (Å²) in [4.78, 5) is 12.2. The van der Waals surface area contributed by atoms with Gasteiger partial charge in [0, 0.05) is 12.5 Å². The number of carbonyl (C=O) groups is 1. The molecule has 1 amide bonds. The zero-order valence-corrected chi connectivity index (χ0v) is 13.3. The van der Waals surface area contributed by atoms with Gasteiger partial charge in [-0.1, -0.05) is 46.0 Å². The maximum atomic E-state index is 12.2. The first kappa shape index (κ1) is 18.7. The number of carbonyl (C=O) groups excluding carboxylic acids is 1. The average molecular weight is 291 g/mol. The molecule has 0 spiro atoms. The van der Waals surface area contributed by atoms with Crippen molar-refractivity contribution in [3.63, 3.8) is 0 Å². The van der Waals surface area contributed by atoms with Crippen LogP contribution >= 0.6 is 12.4 Å². The second kappa shape index (κ2) is 10.5. The van der Waals surface area contributed by atoms with Gasteiger partial charge >= 0.3 is 0 Å². The van der Waals surface area contributed by atoms with Crippen LogP contribution in [0.4, 0.5) is 0 Å². The molecule has 114 valence electrons. The SMILES string of the molecule is CCCC(CC1CCCC1)C(=O)NCC(C)CN.Cl. The highest BCUT2D eigenvalue weighted by Crippen LogP contribution is 2.31. The summed E-state index contributed by atoms with van der Waals surface area (Å²) in [6.07, 6.45) is 8.58. The molecule has 1 rings (SSSR count). The minimum atomic E-state index is 0. The van der Waals surface area contributed by atoms with Crippen LogP contribution < -0.4 is 11.1 Å². The molecule has 1 saturated carbocycles. The van der Waals surface area contributed by atoms with Gasteiger partial charge in [0.25, 0.3) is 0 Å². The van der Waals surface area contributed by atoms with Crippen molar-refractivity contribution >= 4 is 18.3 Å². The highest BCUT2D eigenvalue weighted by atomic mass is 35.5. The Morgan fingerprint density at radius 3 is 2.53 bits per heavy atom. The second-order valence-electron chi connectivity index (χ2n) is 5.96. The van der Waals surface area contributed by atoms with Gasteiger partial charge in [-0.15, -0.1) is 12.4 Å². The Kier molecular flexibility index (Phi) is 10.3. The summed E-state index contributed by atoms with van der Waals surface area (Å²) in [5, 5.41) is 3.07. The van der Waals surface area contributed by atoms with E-state index in [-0.39, 0.29) is 24.2 Å². The van der Waals surface area contributed by atoms with Crippen LogP contribution in [-0.2, 0) is 4.79 Å². The molecule has 0 aromatic heterocycles. The molecule has 1 aliphatic carbocycles. The predicted octanol–water partition coefficient (Wildman–Crippen LogP) is 3.12. The molecule has 0 radical (unpaired) electrons. The Morgan fingerprint density at radius 2 is 2.00 bits per heavy atom. The average Bonchev–Trinajstić information content (AvgIpc) is 2.87. The fourth-order valence-electron chi connectivity index (χ4n) is 2.86. The molecule has 0 aromatic carbocycles. The van der Waals surface area contributed by atoms with Gasteiger partial charge in [-0.3, -0.25) is 4.79 Å². The lowest BCUT2D eigenvalue weighted by Gasteiger charge is -2.20. The van der Waals surface area contributed by atoms with E-state index in [1.54, 1.807) is 0 Å². The van der Waals surface area contributed by atoms with Crippen molar-refractivity contribution in [3.8, 4) is 0 Å². The van der Waals surface area contributed by atoms with E-state index >= 15 is 0 Å². The number of hydrogen-bond donors (Lipinski definition) is 2. The van der Waals surface area contributed by atoms with Gasteiger partial charge in [0.15, 0.2) is 0 Å². The summed E-state index contributed by atoms with van der Waals surface area (Å²) < 4.78 is 0. The van der Waals surface area contributed by atoms with Gasteiger partial charge in [0.1, 0.15) is 0 Å². The van der Waals surface area contributed by atoms with E-state index in [9.17, 15) is 4.79 Å². The molecule has 3 nitrogen and oxygen atoms in total. The van der Waals surface area contributed by atoms with Crippen LogP contribution in [0.1, 0.15) is 58.8 Å². The fraction of sp³-hybridized carbons (Fsp3) is 0.933. The van der Waals surface area contributed by atoms with Crippen LogP contribution in [-0.4, -0.2) is 19.0 Å². The van der Waals surface area contributed by atoms with Gasteiger partial charge in [0.05, 0.1) is 0 Å². The molecule has 19 heavy (non-hydrogen) atoms. The molecule has 0 aromatic rings. The number of nitrogens with one attached hydrogen (secondary N) is 1. The van der Waals surface area contributed by atoms with Gasteiger partial charge in [-0.25, -0.2) is 0 Å². The van der Waals surface area contributed by atoms with Crippen molar-refractivity contribution in [3.05, 3.63) is 0 Å². The van der Waals surface area contributed by atoms with Crippen LogP contribution in [0.3, 0.4) is 0 Å². The van der Waals surface area contributed by atoms with Crippen LogP contribution in [0.5, 0.6) is 0 Å². The third-order valence-electron chi connectivity index (χ3n) is 4.13. The summed E-state index contributed by atoms with van der Waals surface area (Å²) in [6.45, 7) is 5.60. The highest BCUT2D eigenvalue weighted by molar-refractivity contribution is 5.85. The lowest BCUT2D eigenvalue weighted by molar-refractivity contribution is -0.126. The van der Waals surface area contributed by atoms with Crippen molar-refractivity contribution in [2.24, 2.45) is 23.5 Å². The first-order valence-corrected chi connectivity index (χ1v) is 7.65. The standard InChI is InChI=1S/C15H30N2O.ClH/c1-3-6-14(9-13-7-4-5-8-13)15(18)17-11-12(2)10-16;/h12-14H,3-11,16H2,1-2H3,(H,17,18);1H. The summed E-state index contributed by atoms with van der Waals surface area (Å²) >= 11 is 0. The molecule has 2 unspecified atom stereocenters. The molecule has 1 fully saturated rings. The smallest absolute Gasteiger partial charge is 0.223 e. The minimum Gasteiger partial charge on any atom is -0.356 e. The van der Waals surface area contributed by atoms with E-state index in [0.29, 0.717) is 12.5 Å². The molecule has 0 aliphatic heterocycles. The Bertz CT molecular complexity index is 242. The molecular formula is C15H31ClN2O. The zero-order valence-electron chi connectivity index (χ0n) is 12.5. The van der Waals surface area contributed by atoms with Crippen molar-refractivity contribution in [2.45, 2.75) is 58.8 Å². The Labute approximate surface area is 124 Å². The van der Waals surface area contributed by atoms with E-state index in [4.69, 9.17) is 5.73 Å². The molecular weight excluding hydrogens is 260 g/mol. The lowest BCUT2D eigenvalue weighted by Crippen LogP contribution is -2.36. The number of hydrogen-bond acceptors (Lipinski definition) is 2. The van der Waals surface area contributed by atoms with E-state index in [2.05, 4.69) is 19.2 Å². The Morgan fingerprint density at radius 1 is 1.37 bits per heavy atom. The molecule has 4 heteroatoms. The zero-order chi connectivity index (χ0) is 13.4.